The molecule has 1 fully saturated rings. The van der Waals surface area contributed by atoms with Crippen molar-refractivity contribution in [1.82, 2.24) is 35.4 Å². The molecule has 2 aromatic rings. The first-order chi connectivity index (χ1) is 36.7. The van der Waals surface area contributed by atoms with Crippen LogP contribution in [0.15, 0.2) is 54.3 Å². The lowest BCUT2D eigenvalue weighted by molar-refractivity contribution is -0.162. The molecule has 1 saturated heterocycles. The molecule has 1 aromatic heterocycles. The molecule has 4 bridgehead atoms. The summed E-state index contributed by atoms with van der Waals surface area (Å²) in [5, 5.41) is 25.5. The topological polar surface area (TPSA) is 269 Å². The van der Waals surface area contributed by atoms with Crippen LogP contribution >= 0.6 is 11.6 Å². The van der Waals surface area contributed by atoms with Crippen LogP contribution < -0.4 is 20.3 Å². The Morgan fingerprint density at radius 3 is 2.39 bits per heavy atom. The molecule has 1 aromatic carbocycles. The highest BCUT2D eigenvalue weighted by molar-refractivity contribution is 6.35. The molecule has 0 radical (unpaired) electrons. The number of nitrogens with one attached hydrogen (secondary N) is 2. The van der Waals surface area contributed by atoms with Gasteiger partial charge in [0, 0.05) is 72.3 Å². The lowest BCUT2D eigenvalue weighted by Gasteiger charge is -2.42. The van der Waals surface area contributed by atoms with Crippen molar-refractivity contribution in [2.75, 3.05) is 79.3 Å². The Morgan fingerprint density at radius 1 is 0.987 bits per heavy atom. The minimum absolute atomic E-state index is 0.0109. The van der Waals surface area contributed by atoms with Gasteiger partial charge in [0.2, 0.25) is 17.7 Å². The molecule has 77 heavy (non-hydrogen) atoms. The first kappa shape index (κ1) is 61.6. The Kier molecular flexibility index (Phi) is 24.0. The highest BCUT2D eigenvalue weighted by Crippen LogP contribution is 2.38. The summed E-state index contributed by atoms with van der Waals surface area (Å²) < 4.78 is 41.4. The zero-order chi connectivity index (χ0) is 56.2. The average Bonchev–Trinajstić information content (AvgIpc) is 3.99. The summed E-state index contributed by atoms with van der Waals surface area (Å²) in [6, 6.07) is 2.58. The second-order valence-corrected chi connectivity index (χ2v) is 19.9. The number of aryl methyl sites for hydroxylation is 1. The second-order valence-electron chi connectivity index (χ2n) is 19.5. The van der Waals surface area contributed by atoms with E-state index in [9.17, 15) is 38.7 Å². The monoisotopic (exact) mass is 1100 g/mol. The van der Waals surface area contributed by atoms with Gasteiger partial charge in [-0.15, -0.1) is 5.10 Å². The van der Waals surface area contributed by atoms with Gasteiger partial charge in [0.25, 0.3) is 11.8 Å². The molecular weight excluding hydrogens is 1020 g/mol. The molecule has 1 unspecified atom stereocenters. The van der Waals surface area contributed by atoms with Crippen LogP contribution in [0.2, 0.25) is 5.02 Å². The fourth-order valence-electron chi connectivity index (χ4n) is 8.90. The molecule has 4 heterocycles. The van der Waals surface area contributed by atoms with Gasteiger partial charge in [0.05, 0.1) is 65.1 Å². The molecule has 3 N–H and O–H groups in total. The van der Waals surface area contributed by atoms with Gasteiger partial charge in [-0.25, -0.2) is 9.59 Å². The summed E-state index contributed by atoms with van der Waals surface area (Å²) in [4.78, 5) is 93.4. The van der Waals surface area contributed by atoms with E-state index >= 15 is 0 Å². The van der Waals surface area contributed by atoms with Crippen molar-refractivity contribution in [2.24, 2.45) is 11.8 Å². The van der Waals surface area contributed by atoms with Gasteiger partial charge in [-0.2, -0.15) is 0 Å². The number of allylic oxidation sites excluding steroid dienone is 3. The average molecular weight is 1100 g/mol. The number of amides is 6. The highest BCUT2D eigenvalue weighted by Gasteiger charge is 2.47. The van der Waals surface area contributed by atoms with E-state index in [-0.39, 0.29) is 74.7 Å². The van der Waals surface area contributed by atoms with Crippen molar-refractivity contribution in [3.63, 3.8) is 0 Å². The van der Waals surface area contributed by atoms with Crippen molar-refractivity contribution in [3.05, 3.63) is 70.6 Å². The van der Waals surface area contributed by atoms with Gasteiger partial charge in [-0.3, -0.25) is 38.9 Å². The number of ether oxygens (including phenoxy) is 7. The third kappa shape index (κ3) is 18.4. The largest absolute Gasteiger partial charge is 0.495 e. The van der Waals surface area contributed by atoms with Crippen LogP contribution in [0, 0.1) is 11.8 Å². The molecule has 6 amide bonds. The lowest BCUT2D eigenvalue weighted by Crippen LogP contribution is -2.63. The number of anilines is 1. The van der Waals surface area contributed by atoms with Crippen molar-refractivity contribution in [3.8, 4) is 5.75 Å². The quantitative estimate of drug-likeness (QED) is 0.0766. The van der Waals surface area contributed by atoms with Crippen molar-refractivity contribution in [1.29, 1.82) is 0 Å². The third-order valence-electron chi connectivity index (χ3n) is 13.6. The summed E-state index contributed by atoms with van der Waals surface area (Å²) in [6.07, 6.45) is 7.60. The Morgan fingerprint density at radius 2 is 1.69 bits per heavy atom. The fourth-order valence-corrected chi connectivity index (χ4v) is 9.22. The lowest BCUT2D eigenvalue weighted by atomic mass is 9.83. The van der Waals surface area contributed by atoms with E-state index in [1.807, 2.05) is 26.8 Å². The minimum Gasteiger partial charge on any atom is -0.495 e. The number of methoxy groups -OCH3 is 2. The highest BCUT2D eigenvalue weighted by atomic mass is 35.5. The number of carbonyl (C=O) groups is 7. The van der Waals surface area contributed by atoms with Gasteiger partial charge in [-0.1, -0.05) is 54.5 Å². The van der Waals surface area contributed by atoms with Crippen molar-refractivity contribution < 1.29 is 71.8 Å². The van der Waals surface area contributed by atoms with Crippen molar-refractivity contribution >= 4 is 58.9 Å². The molecule has 0 saturated carbocycles. The number of rotatable bonds is 24. The number of esters is 1. The smallest absolute Gasteiger partial charge is 0.409 e. The number of alkyl carbamates (subject to hydrolysis) is 1. The minimum atomic E-state index is -1.81. The zero-order valence-electron chi connectivity index (χ0n) is 45.3. The number of halogens is 1. The van der Waals surface area contributed by atoms with Gasteiger partial charge >= 0.3 is 12.1 Å². The summed E-state index contributed by atoms with van der Waals surface area (Å²) in [7, 11) is 6.04. The van der Waals surface area contributed by atoms with E-state index in [4.69, 9.17) is 44.8 Å². The molecule has 3 aliphatic heterocycles. The standard InChI is InChI=1S/C53H75ClN8O15/c1-34-12-11-13-44(72-8)53(70)31-43(77-52(69)56-53)36(3)27-35(2)41(30-49(67)60(6)40-28-38(26-34)29-42(71-7)50(40)54)76-51(68)37(4)59(5)46(64)14-9-10-19-61-32-39(57-58-61)33-75-25-24-74-23-22-73-21-18-55-45(63)17-20-62-47(65)15-16-48(62)66/h11-13,15-16,28-29,32,35-37,41,43-44,70H,9-10,14,17-27,30-31,33H2,1-8H3,(H,55,63)(H,56,69)/b13-11+,34-12+/t35-,36-,37-,41-,43-,44?,53-/m0/s1. The van der Waals surface area contributed by atoms with E-state index in [2.05, 4.69) is 20.9 Å². The molecule has 24 heteroatoms. The van der Waals surface area contributed by atoms with Gasteiger partial charge in [-0.05, 0) is 69.1 Å². The number of carbonyl (C=O) groups excluding carboxylic acids is 7. The molecule has 3 aliphatic rings. The zero-order valence-corrected chi connectivity index (χ0v) is 46.1. The fraction of sp³-hybridized carbons (Fsp3) is 0.604. The Balaban J connectivity index is 1.07. The molecule has 424 valence electrons. The van der Waals surface area contributed by atoms with E-state index in [0.29, 0.717) is 75.8 Å². The summed E-state index contributed by atoms with van der Waals surface area (Å²) in [6.45, 7) is 9.73. The Bertz CT molecular complexity index is 2450. The van der Waals surface area contributed by atoms with Crippen LogP contribution in [0.25, 0.3) is 0 Å². The third-order valence-corrected chi connectivity index (χ3v) is 14.0. The van der Waals surface area contributed by atoms with E-state index in [1.54, 1.807) is 49.1 Å². The van der Waals surface area contributed by atoms with E-state index in [0.717, 1.165) is 16.0 Å². The summed E-state index contributed by atoms with van der Waals surface area (Å²) in [5.74, 6) is -3.04. The van der Waals surface area contributed by atoms with Crippen LogP contribution in [-0.2, 0) is 76.8 Å². The number of imide groups is 1. The number of likely N-dealkylation sites (N-methyl/N-ethyl adjacent to an activating group) is 1. The van der Waals surface area contributed by atoms with E-state index < -0.39 is 65.8 Å². The SMILES string of the molecule is COc1cc2cc(c1Cl)N(C)C(=O)C[C@H](OC(=O)[C@H](C)N(C)C(=O)CCCCn1cc(COCCOCCOCCNC(=O)CCN3C(=O)C=CC3=O)nn1)[C@@H](C)C[C@H](C)[C@@H]1C[C@@](O)(NC(=O)O1)C(OC)/C=C/C=C(\C)C2. The molecule has 5 rings (SSSR count). The Labute approximate surface area is 454 Å². The first-order valence-electron chi connectivity index (χ1n) is 25.8. The first-order valence-corrected chi connectivity index (χ1v) is 26.2. The van der Waals surface area contributed by atoms with Gasteiger partial charge in [0.15, 0.2) is 5.72 Å². The van der Waals surface area contributed by atoms with Crippen molar-refractivity contribution in [2.45, 2.75) is 122 Å². The maximum absolute atomic E-state index is 14.2. The summed E-state index contributed by atoms with van der Waals surface area (Å²) in [5.41, 5.74) is 0.924. The summed E-state index contributed by atoms with van der Waals surface area (Å²) >= 11 is 6.81. The number of fused-ring (bicyclic) bond motifs is 4. The maximum Gasteiger partial charge on any atom is 0.409 e. The second kappa shape index (κ2) is 30.1. The number of hydrogen-bond donors (Lipinski definition) is 3. The normalized spacial score (nSPS) is 23.7. The van der Waals surface area contributed by atoms with Crippen LogP contribution in [-0.4, -0.2) is 176 Å². The van der Waals surface area contributed by atoms with Gasteiger partial charge in [0.1, 0.15) is 40.8 Å². The molecule has 23 nitrogen and oxygen atoms in total. The Hall–Kier alpha value is -6.24. The molecule has 0 spiro atoms. The van der Waals surface area contributed by atoms with Crippen LogP contribution in [0.4, 0.5) is 10.5 Å². The number of unbranched alkanes of at least 4 members (excludes halogenated alkanes) is 1. The predicted molar refractivity (Wildman–Crippen MR) is 280 cm³/mol. The van der Waals surface area contributed by atoms with Crippen LogP contribution in [0.1, 0.15) is 83.9 Å². The van der Waals surface area contributed by atoms with Gasteiger partial charge < -0.3 is 53.4 Å². The number of benzene rings is 1. The molecule has 7 atom stereocenters. The number of nitrogens with zero attached hydrogens (tertiary/aromatic N) is 6. The number of hydrogen-bond acceptors (Lipinski definition) is 17. The number of aromatic nitrogens is 3. The number of aliphatic hydroxyl groups is 1. The predicted octanol–water partition coefficient (Wildman–Crippen LogP) is 3.83. The molecule has 0 aliphatic carbocycles. The maximum atomic E-state index is 14.2. The van der Waals surface area contributed by atoms with Crippen LogP contribution in [0.5, 0.6) is 5.75 Å². The van der Waals surface area contributed by atoms with Crippen LogP contribution in [0.3, 0.4) is 0 Å². The molecular formula is C53H75ClN8O15. The van der Waals surface area contributed by atoms with E-state index in [1.165, 1.54) is 43.2 Å².